The molecule has 216 valence electrons. The number of para-hydroxylation sites is 1. The molecule has 40 heavy (non-hydrogen) atoms. The lowest BCUT2D eigenvalue weighted by molar-refractivity contribution is -0.139. The van der Waals surface area contributed by atoms with Crippen LogP contribution in [0.5, 0.6) is 5.75 Å². The monoisotopic (exact) mass is 556 g/mol. The third-order valence-corrected chi connectivity index (χ3v) is 6.10. The number of aryl methyl sites for hydroxylation is 2. The number of carboxylic acid groups (broad SMARTS) is 1. The lowest BCUT2D eigenvalue weighted by Crippen LogP contribution is -2.51. The largest absolute Gasteiger partial charge is 0.495 e. The topological polar surface area (TPSA) is 183 Å². The molecule has 0 bridgehead atoms. The van der Waals surface area contributed by atoms with Crippen LogP contribution in [-0.2, 0) is 20.8 Å². The van der Waals surface area contributed by atoms with Gasteiger partial charge in [-0.2, -0.15) is 0 Å². The molecule has 2 rings (SSSR count). The highest BCUT2D eigenvalue weighted by molar-refractivity contribution is 6.01. The number of anilines is 2. The first-order chi connectivity index (χ1) is 18.9. The number of aliphatic carboxylic acids is 1. The van der Waals surface area contributed by atoms with Gasteiger partial charge in [-0.3, -0.25) is 14.4 Å². The van der Waals surface area contributed by atoms with E-state index in [1.807, 2.05) is 25.1 Å². The highest BCUT2D eigenvalue weighted by Crippen LogP contribution is 2.26. The lowest BCUT2D eigenvalue weighted by Gasteiger charge is -2.24. The van der Waals surface area contributed by atoms with Crippen molar-refractivity contribution < 1.29 is 33.8 Å². The first kappa shape index (κ1) is 31.4. The molecular formula is C27H36N6O7. The Morgan fingerprint density at radius 2 is 1.62 bits per heavy atom. The van der Waals surface area contributed by atoms with E-state index in [2.05, 4.69) is 16.0 Å². The number of carboxylic acids is 1. The number of carbonyl (C=O) groups excluding carboxylic acids is 4. The van der Waals surface area contributed by atoms with E-state index >= 15 is 0 Å². The smallest absolute Gasteiger partial charge is 0.323 e. The van der Waals surface area contributed by atoms with Gasteiger partial charge in [-0.1, -0.05) is 24.3 Å². The molecule has 2 aromatic carbocycles. The van der Waals surface area contributed by atoms with Crippen molar-refractivity contribution in [1.82, 2.24) is 15.1 Å². The number of rotatable bonds is 13. The number of ether oxygens (including phenoxy) is 1. The van der Waals surface area contributed by atoms with Crippen molar-refractivity contribution in [3.05, 3.63) is 53.6 Å². The summed E-state index contributed by atoms with van der Waals surface area (Å²) in [5.74, 6) is -1.94. The molecule has 1 atom stereocenters. The minimum Gasteiger partial charge on any atom is -0.495 e. The van der Waals surface area contributed by atoms with E-state index in [0.29, 0.717) is 23.5 Å². The Hall–Kier alpha value is -4.81. The number of methoxy groups -OCH3 is 1. The van der Waals surface area contributed by atoms with E-state index in [1.165, 1.54) is 24.0 Å². The molecule has 13 nitrogen and oxygen atoms in total. The van der Waals surface area contributed by atoms with Crippen LogP contribution in [0.15, 0.2) is 42.5 Å². The Bertz CT molecular complexity index is 1240. The lowest BCUT2D eigenvalue weighted by atomic mass is 10.1. The van der Waals surface area contributed by atoms with Crippen molar-refractivity contribution in [3.63, 3.8) is 0 Å². The van der Waals surface area contributed by atoms with Gasteiger partial charge in [0, 0.05) is 39.3 Å². The molecule has 0 aliphatic rings. The van der Waals surface area contributed by atoms with Crippen molar-refractivity contribution in [2.75, 3.05) is 44.9 Å². The second kappa shape index (κ2) is 15.0. The van der Waals surface area contributed by atoms with Gasteiger partial charge in [0.2, 0.25) is 11.8 Å². The molecule has 0 saturated heterocycles. The fourth-order valence-electron chi connectivity index (χ4n) is 3.61. The van der Waals surface area contributed by atoms with Crippen molar-refractivity contribution in [2.24, 2.45) is 5.73 Å². The third-order valence-electron chi connectivity index (χ3n) is 6.10. The molecule has 0 aromatic heterocycles. The fourth-order valence-corrected chi connectivity index (χ4v) is 3.61. The van der Waals surface area contributed by atoms with Gasteiger partial charge >= 0.3 is 18.0 Å². The molecule has 1 unspecified atom stereocenters. The summed E-state index contributed by atoms with van der Waals surface area (Å²) in [7, 11) is 4.55. The summed E-state index contributed by atoms with van der Waals surface area (Å²) in [6, 6.07) is 10.2. The predicted molar refractivity (Wildman–Crippen MR) is 149 cm³/mol. The summed E-state index contributed by atoms with van der Waals surface area (Å²) >= 11 is 0. The maximum Gasteiger partial charge on any atom is 0.323 e. The number of amides is 6. The van der Waals surface area contributed by atoms with Crippen molar-refractivity contribution in [3.8, 4) is 5.75 Å². The highest BCUT2D eigenvalue weighted by atomic mass is 16.5. The molecule has 0 heterocycles. The molecule has 0 aliphatic carbocycles. The Kier molecular flexibility index (Phi) is 11.7. The van der Waals surface area contributed by atoms with Gasteiger partial charge < -0.3 is 41.3 Å². The zero-order valence-electron chi connectivity index (χ0n) is 23.0. The van der Waals surface area contributed by atoms with Crippen molar-refractivity contribution in [2.45, 2.75) is 32.2 Å². The van der Waals surface area contributed by atoms with E-state index in [-0.39, 0.29) is 25.4 Å². The number of nitrogens with one attached hydrogen (secondary N) is 3. The second-order valence-electron chi connectivity index (χ2n) is 9.17. The molecular weight excluding hydrogens is 520 g/mol. The fraction of sp³-hybridized carbons (Fsp3) is 0.370. The number of hydrogen-bond acceptors (Lipinski definition) is 6. The number of likely N-dealkylation sites (N-methyl/N-ethyl adjacent to an activating group) is 2. The molecule has 0 radical (unpaired) electrons. The van der Waals surface area contributed by atoms with Crippen LogP contribution in [0.3, 0.4) is 0 Å². The summed E-state index contributed by atoms with van der Waals surface area (Å²) < 4.78 is 5.42. The van der Waals surface area contributed by atoms with Gasteiger partial charge in [0.15, 0.2) is 0 Å². The van der Waals surface area contributed by atoms with E-state index < -0.39 is 36.4 Å². The zero-order valence-corrected chi connectivity index (χ0v) is 23.0. The quantitative estimate of drug-likeness (QED) is 0.250. The summed E-state index contributed by atoms with van der Waals surface area (Å²) in [6.07, 6.45) is -0.0186. The Balaban J connectivity index is 1.86. The van der Waals surface area contributed by atoms with E-state index in [4.69, 9.17) is 15.6 Å². The summed E-state index contributed by atoms with van der Waals surface area (Å²) in [4.78, 5) is 62.3. The van der Waals surface area contributed by atoms with Gasteiger partial charge in [0.1, 0.15) is 11.8 Å². The van der Waals surface area contributed by atoms with Gasteiger partial charge in [0.05, 0.1) is 19.2 Å². The van der Waals surface area contributed by atoms with Crippen LogP contribution in [0.25, 0.3) is 0 Å². The van der Waals surface area contributed by atoms with Crippen LogP contribution in [-0.4, -0.2) is 85.1 Å². The van der Waals surface area contributed by atoms with Crippen LogP contribution in [0.2, 0.25) is 0 Å². The first-order valence-electron chi connectivity index (χ1n) is 12.5. The summed E-state index contributed by atoms with van der Waals surface area (Å²) in [6.45, 7) is 2.25. The molecule has 0 saturated carbocycles. The van der Waals surface area contributed by atoms with Gasteiger partial charge in [-0.25, -0.2) is 9.59 Å². The van der Waals surface area contributed by atoms with Gasteiger partial charge in [-0.05, 0) is 42.7 Å². The number of nitrogens with zero attached hydrogens (tertiary/aromatic N) is 2. The number of primary amides is 1. The first-order valence-corrected chi connectivity index (χ1v) is 12.5. The Morgan fingerprint density at radius 1 is 0.975 bits per heavy atom. The Labute approximate surface area is 232 Å². The minimum atomic E-state index is -1.34. The maximum absolute atomic E-state index is 12.6. The van der Waals surface area contributed by atoms with Crippen LogP contribution in [0.1, 0.15) is 24.0 Å². The van der Waals surface area contributed by atoms with E-state index in [9.17, 15) is 24.0 Å². The predicted octanol–water partition coefficient (Wildman–Crippen LogP) is 2.01. The molecule has 13 heteroatoms. The summed E-state index contributed by atoms with van der Waals surface area (Å²) in [5, 5.41) is 16.7. The number of nitrogens with two attached hydrogens (primary N) is 1. The van der Waals surface area contributed by atoms with Crippen LogP contribution in [0, 0.1) is 6.92 Å². The van der Waals surface area contributed by atoms with Gasteiger partial charge in [0.25, 0.3) is 0 Å². The molecule has 0 spiro atoms. The van der Waals surface area contributed by atoms with E-state index in [0.717, 1.165) is 11.1 Å². The Morgan fingerprint density at radius 3 is 2.25 bits per heavy atom. The maximum atomic E-state index is 12.6. The van der Waals surface area contributed by atoms with Gasteiger partial charge in [-0.15, -0.1) is 0 Å². The third kappa shape index (κ3) is 9.82. The molecule has 0 fully saturated rings. The molecule has 0 aliphatic heterocycles. The van der Waals surface area contributed by atoms with Crippen LogP contribution >= 0.6 is 0 Å². The van der Waals surface area contributed by atoms with Crippen molar-refractivity contribution >= 4 is 41.2 Å². The molecule has 6 amide bonds. The SMILES string of the molecule is COc1cc(CCC(=O)N(C)CCN(C)C(=O)NC(CC(=O)O)C(N)=O)ccc1NC(=O)Nc1ccccc1C. The number of carbonyl (C=O) groups is 5. The minimum absolute atomic E-state index is 0.144. The standard InChI is InChI=1S/C27H36N6O7/c1-17-7-5-6-8-19(17)29-26(38)30-20-11-9-18(15-22(20)40-4)10-12-23(34)32(2)13-14-33(3)27(39)31-21(25(28)37)16-24(35)36/h5-9,11,15,21H,10,12-14,16H2,1-4H3,(H2,28,37)(H,31,39)(H,35,36)(H2,29,30,38). The summed E-state index contributed by atoms with van der Waals surface area (Å²) in [5.41, 5.74) is 8.07. The number of benzene rings is 2. The van der Waals surface area contributed by atoms with Crippen molar-refractivity contribution in [1.29, 1.82) is 0 Å². The van der Waals surface area contributed by atoms with E-state index in [1.54, 1.807) is 31.3 Å². The highest BCUT2D eigenvalue weighted by Gasteiger charge is 2.23. The number of urea groups is 2. The molecule has 6 N–H and O–H groups in total. The molecule has 2 aromatic rings. The average Bonchev–Trinajstić information content (AvgIpc) is 2.91. The average molecular weight is 557 g/mol. The normalized spacial score (nSPS) is 11.1. The van der Waals surface area contributed by atoms with Crippen LogP contribution in [0.4, 0.5) is 21.0 Å². The van der Waals surface area contributed by atoms with Crippen LogP contribution < -0.4 is 26.4 Å². The zero-order chi connectivity index (χ0) is 29.8. The number of hydrogen-bond donors (Lipinski definition) is 5. The second-order valence-corrected chi connectivity index (χ2v) is 9.17.